The highest BCUT2D eigenvalue weighted by Crippen LogP contribution is 2.17. The van der Waals surface area contributed by atoms with E-state index in [1.165, 1.54) is 6.07 Å². The Morgan fingerprint density at radius 2 is 2.22 bits per heavy atom. The summed E-state index contributed by atoms with van der Waals surface area (Å²) < 4.78 is 24.1. The SMILES string of the molecule is COCC(C)Oc1ccc(C#CCCCl)c(F)c1. The summed E-state index contributed by atoms with van der Waals surface area (Å²) in [7, 11) is 1.59. The van der Waals surface area contributed by atoms with Crippen LogP contribution in [0.5, 0.6) is 5.75 Å². The third-order valence-electron chi connectivity index (χ3n) is 2.12. The van der Waals surface area contributed by atoms with Crippen LogP contribution >= 0.6 is 11.6 Å². The molecule has 0 radical (unpaired) electrons. The molecule has 0 aromatic heterocycles. The number of alkyl halides is 1. The Bertz CT molecular complexity index is 437. The summed E-state index contributed by atoms with van der Waals surface area (Å²) in [6.07, 6.45) is 0.423. The number of rotatable bonds is 5. The first-order valence-electron chi connectivity index (χ1n) is 5.67. The average molecular weight is 271 g/mol. The lowest BCUT2D eigenvalue weighted by Crippen LogP contribution is -2.17. The van der Waals surface area contributed by atoms with Crippen molar-refractivity contribution in [1.29, 1.82) is 0 Å². The molecule has 0 amide bonds. The minimum Gasteiger partial charge on any atom is -0.488 e. The molecule has 98 valence electrons. The van der Waals surface area contributed by atoms with Gasteiger partial charge in [0.1, 0.15) is 17.7 Å². The van der Waals surface area contributed by atoms with Gasteiger partial charge in [0.05, 0.1) is 12.2 Å². The van der Waals surface area contributed by atoms with Crippen molar-refractivity contribution in [3.05, 3.63) is 29.6 Å². The van der Waals surface area contributed by atoms with Crippen molar-refractivity contribution < 1.29 is 13.9 Å². The zero-order chi connectivity index (χ0) is 13.4. The van der Waals surface area contributed by atoms with Gasteiger partial charge in [-0.1, -0.05) is 11.8 Å². The van der Waals surface area contributed by atoms with Crippen molar-refractivity contribution in [3.8, 4) is 17.6 Å². The van der Waals surface area contributed by atoms with Crippen LogP contribution < -0.4 is 4.74 Å². The van der Waals surface area contributed by atoms with Crippen LogP contribution in [-0.4, -0.2) is 25.7 Å². The van der Waals surface area contributed by atoms with E-state index in [0.717, 1.165) is 0 Å². The van der Waals surface area contributed by atoms with Gasteiger partial charge in [0.2, 0.25) is 0 Å². The molecule has 4 heteroatoms. The maximum Gasteiger partial charge on any atom is 0.142 e. The smallest absolute Gasteiger partial charge is 0.142 e. The van der Waals surface area contributed by atoms with Gasteiger partial charge in [-0.3, -0.25) is 0 Å². The summed E-state index contributed by atoms with van der Waals surface area (Å²) in [6.45, 7) is 2.31. The van der Waals surface area contributed by atoms with E-state index in [4.69, 9.17) is 21.1 Å². The van der Waals surface area contributed by atoms with Crippen molar-refractivity contribution in [2.45, 2.75) is 19.4 Å². The molecule has 1 rings (SSSR count). The Hall–Kier alpha value is -1.24. The molecule has 0 saturated heterocycles. The van der Waals surface area contributed by atoms with E-state index in [1.807, 2.05) is 6.92 Å². The first kappa shape index (κ1) is 14.8. The molecule has 18 heavy (non-hydrogen) atoms. The second kappa shape index (κ2) is 7.97. The molecule has 0 saturated carbocycles. The third-order valence-corrected chi connectivity index (χ3v) is 2.31. The van der Waals surface area contributed by atoms with Crippen molar-refractivity contribution in [3.63, 3.8) is 0 Å². The number of hydrogen-bond donors (Lipinski definition) is 0. The highest BCUT2D eigenvalue weighted by atomic mass is 35.5. The van der Waals surface area contributed by atoms with E-state index in [-0.39, 0.29) is 11.9 Å². The Morgan fingerprint density at radius 3 is 2.83 bits per heavy atom. The summed E-state index contributed by atoms with van der Waals surface area (Å²) in [6, 6.07) is 4.63. The first-order valence-corrected chi connectivity index (χ1v) is 6.20. The molecule has 0 bridgehead atoms. The molecule has 0 fully saturated rings. The molecule has 2 nitrogen and oxygen atoms in total. The summed E-state index contributed by atoms with van der Waals surface area (Å²) in [5.74, 6) is 6.05. The van der Waals surface area contributed by atoms with Crippen LogP contribution in [-0.2, 0) is 4.74 Å². The van der Waals surface area contributed by atoms with Crippen LogP contribution in [0.2, 0.25) is 0 Å². The molecule has 0 heterocycles. The lowest BCUT2D eigenvalue weighted by atomic mass is 10.2. The quantitative estimate of drug-likeness (QED) is 0.604. The van der Waals surface area contributed by atoms with Crippen LogP contribution in [0, 0.1) is 17.7 Å². The Morgan fingerprint density at radius 1 is 1.44 bits per heavy atom. The van der Waals surface area contributed by atoms with Gasteiger partial charge in [-0.05, 0) is 19.1 Å². The van der Waals surface area contributed by atoms with Gasteiger partial charge in [0.25, 0.3) is 0 Å². The fourth-order valence-corrected chi connectivity index (χ4v) is 1.47. The lowest BCUT2D eigenvalue weighted by molar-refractivity contribution is 0.0918. The fourth-order valence-electron chi connectivity index (χ4n) is 1.38. The van der Waals surface area contributed by atoms with E-state index in [0.29, 0.717) is 30.2 Å². The highest BCUT2D eigenvalue weighted by Gasteiger charge is 2.06. The van der Waals surface area contributed by atoms with Gasteiger partial charge >= 0.3 is 0 Å². The first-order chi connectivity index (χ1) is 8.67. The number of hydrogen-bond acceptors (Lipinski definition) is 2. The summed E-state index contributed by atoms with van der Waals surface area (Å²) in [5.41, 5.74) is 0.354. The van der Waals surface area contributed by atoms with E-state index in [9.17, 15) is 4.39 Å². The largest absolute Gasteiger partial charge is 0.488 e. The molecule has 1 aromatic rings. The predicted molar refractivity (Wildman–Crippen MR) is 70.6 cm³/mol. The van der Waals surface area contributed by atoms with Crippen molar-refractivity contribution >= 4 is 11.6 Å². The minimum absolute atomic E-state index is 0.123. The molecular formula is C14H16ClFO2. The lowest BCUT2D eigenvalue weighted by Gasteiger charge is -2.13. The van der Waals surface area contributed by atoms with E-state index >= 15 is 0 Å². The predicted octanol–water partition coefficient (Wildman–Crippen LogP) is 3.22. The molecular weight excluding hydrogens is 255 g/mol. The molecule has 0 aliphatic heterocycles. The number of benzene rings is 1. The molecule has 0 aliphatic rings. The Kier molecular flexibility index (Phi) is 6.56. The second-order valence-corrected chi connectivity index (χ2v) is 4.14. The van der Waals surface area contributed by atoms with Crippen LogP contribution in [0.25, 0.3) is 0 Å². The standard InChI is InChI=1S/C14H16ClFO2/c1-11(10-17-2)18-13-7-6-12(14(16)9-13)5-3-4-8-15/h6-7,9,11H,4,8,10H2,1-2H3. The van der Waals surface area contributed by atoms with Gasteiger partial charge in [-0.25, -0.2) is 4.39 Å². The monoisotopic (exact) mass is 270 g/mol. The van der Waals surface area contributed by atoms with Crippen LogP contribution in [0.3, 0.4) is 0 Å². The summed E-state index contributed by atoms with van der Waals surface area (Å²) in [5, 5.41) is 0. The van der Waals surface area contributed by atoms with Gasteiger partial charge in [-0.2, -0.15) is 0 Å². The minimum atomic E-state index is -0.390. The normalized spacial score (nSPS) is 11.6. The van der Waals surface area contributed by atoms with Gasteiger partial charge in [-0.15, -0.1) is 11.6 Å². The summed E-state index contributed by atoms with van der Waals surface area (Å²) in [4.78, 5) is 0. The number of ether oxygens (including phenoxy) is 2. The molecule has 0 N–H and O–H groups in total. The van der Waals surface area contributed by atoms with Gasteiger partial charge < -0.3 is 9.47 Å². The maximum absolute atomic E-state index is 13.7. The fraction of sp³-hybridized carbons (Fsp3) is 0.429. The Labute approximate surface area is 112 Å². The number of halogens is 2. The van der Waals surface area contributed by atoms with E-state index < -0.39 is 0 Å². The third kappa shape index (κ3) is 4.95. The Balaban J connectivity index is 2.71. The zero-order valence-electron chi connectivity index (χ0n) is 10.5. The highest BCUT2D eigenvalue weighted by molar-refractivity contribution is 6.18. The summed E-state index contributed by atoms with van der Waals surface area (Å²) >= 11 is 5.49. The molecule has 0 spiro atoms. The molecule has 0 aliphatic carbocycles. The topological polar surface area (TPSA) is 18.5 Å². The second-order valence-electron chi connectivity index (χ2n) is 3.77. The van der Waals surface area contributed by atoms with E-state index in [2.05, 4.69) is 11.8 Å². The van der Waals surface area contributed by atoms with Crippen LogP contribution in [0.4, 0.5) is 4.39 Å². The van der Waals surface area contributed by atoms with Crippen LogP contribution in [0.15, 0.2) is 18.2 Å². The molecule has 1 aromatic carbocycles. The van der Waals surface area contributed by atoms with Gasteiger partial charge in [0.15, 0.2) is 0 Å². The van der Waals surface area contributed by atoms with Crippen molar-refractivity contribution in [1.82, 2.24) is 0 Å². The van der Waals surface area contributed by atoms with Gasteiger partial charge in [0, 0.05) is 25.5 Å². The maximum atomic E-state index is 13.7. The van der Waals surface area contributed by atoms with Crippen LogP contribution in [0.1, 0.15) is 18.9 Å². The zero-order valence-corrected chi connectivity index (χ0v) is 11.3. The van der Waals surface area contributed by atoms with E-state index in [1.54, 1.807) is 19.2 Å². The molecule has 1 unspecified atom stereocenters. The molecule has 1 atom stereocenters. The van der Waals surface area contributed by atoms with Crippen molar-refractivity contribution in [2.24, 2.45) is 0 Å². The average Bonchev–Trinajstić information content (AvgIpc) is 2.32. The number of methoxy groups -OCH3 is 1. The van der Waals surface area contributed by atoms with Crippen molar-refractivity contribution in [2.75, 3.05) is 19.6 Å².